The predicted molar refractivity (Wildman–Crippen MR) is 118 cm³/mol. The number of carbonyl (C=O) groups is 2. The van der Waals surface area contributed by atoms with E-state index in [1.165, 1.54) is 12.1 Å². The number of halogens is 1. The Labute approximate surface area is 185 Å². The molecule has 8 heteroatoms. The summed E-state index contributed by atoms with van der Waals surface area (Å²) in [6.45, 7) is 4.67. The zero-order chi connectivity index (χ0) is 22.7. The average molecular weight is 436 g/mol. The molecule has 1 unspecified atom stereocenters. The van der Waals surface area contributed by atoms with Crippen LogP contribution in [-0.2, 0) is 9.59 Å². The second kappa shape index (κ2) is 9.21. The van der Waals surface area contributed by atoms with Crippen LogP contribution in [0, 0.1) is 12.7 Å². The molecule has 32 heavy (non-hydrogen) atoms. The molecule has 4 rings (SSSR count). The van der Waals surface area contributed by atoms with Crippen LogP contribution >= 0.6 is 0 Å². The first kappa shape index (κ1) is 21.5. The van der Waals surface area contributed by atoms with Crippen molar-refractivity contribution in [3.05, 3.63) is 71.8 Å². The molecule has 166 valence electrons. The highest BCUT2D eigenvalue weighted by molar-refractivity contribution is 5.97. The summed E-state index contributed by atoms with van der Waals surface area (Å²) in [6, 6.07) is 13.2. The normalized spacial score (nSPS) is 13.8. The quantitative estimate of drug-likeness (QED) is 0.639. The number of benzene rings is 2. The van der Waals surface area contributed by atoms with Gasteiger partial charge in [0.25, 0.3) is 0 Å². The fourth-order valence-electron chi connectivity index (χ4n) is 3.87. The van der Waals surface area contributed by atoms with Gasteiger partial charge in [0.05, 0.1) is 30.2 Å². The molecule has 3 aromatic rings. The van der Waals surface area contributed by atoms with Crippen molar-refractivity contribution in [3.8, 4) is 11.4 Å². The fraction of sp³-hybridized carbons (Fsp3) is 0.292. The van der Waals surface area contributed by atoms with E-state index < -0.39 is 0 Å². The molecule has 0 saturated carbocycles. The molecule has 0 fully saturated rings. The van der Waals surface area contributed by atoms with Gasteiger partial charge in [-0.25, -0.2) is 9.07 Å². The molecule has 1 atom stereocenters. The Hall–Kier alpha value is -3.68. The van der Waals surface area contributed by atoms with Gasteiger partial charge >= 0.3 is 0 Å². The predicted octanol–water partition coefficient (Wildman–Crippen LogP) is 3.70. The first-order valence-electron chi connectivity index (χ1n) is 10.6. The fourth-order valence-corrected chi connectivity index (χ4v) is 3.87. The van der Waals surface area contributed by atoms with Crippen LogP contribution in [0.15, 0.2) is 54.7 Å². The van der Waals surface area contributed by atoms with Gasteiger partial charge in [-0.05, 0) is 50.2 Å². The second-order valence-electron chi connectivity index (χ2n) is 7.72. The molecule has 2 amide bonds. The second-order valence-corrected chi connectivity index (χ2v) is 7.72. The van der Waals surface area contributed by atoms with Gasteiger partial charge in [-0.3, -0.25) is 9.59 Å². The Morgan fingerprint density at radius 2 is 1.91 bits per heavy atom. The number of nitrogens with zero attached hydrogens (tertiary/aromatic N) is 3. The highest BCUT2D eigenvalue weighted by Gasteiger charge is 2.24. The summed E-state index contributed by atoms with van der Waals surface area (Å²) in [5.74, 6) is 0.0542. The van der Waals surface area contributed by atoms with E-state index in [0.717, 1.165) is 22.6 Å². The number of carbonyl (C=O) groups excluding carboxylic acids is 2. The summed E-state index contributed by atoms with van der Waals surface area (Å²) in [6.07, 6.45) is 1.90. The number of anilines is 1. The van der Waals surface area contributed by atoms with E-state index in [1.807, 2.05) is 38.1 Å². The van der Waals surface area contributed by atoms with Crippen molar-refractivity contribution in [2.75, 3.05) is 18.1 Å². The Balaban J connectivity index is 1.35. The Morgan fingerprint density at radius 3 is 2.69 bits per heavy atom. The molecule has 0 spiro atoms. The van der Waals surface area contributed by atoms with Crippen LogP contribution < -0.4 is 15.0 Å². The summed E-state index contributed by atoms with van der Waals surface area (Å²) >= 11 is 0. The van der Waals surface area contributed by atoms with Gasteiger partial charge in [-0.15, -0.1) is 0 Å². The number of amides is 2. The third-order valence-electron chi connectivity index (χ3n) is 5.56. The summed E-state index contributed by atoms with van der Waals surface area (Å²) in [7, 11) is 0. The summed E-state index contributed by atoms with van der Waals surface area (Å²) in [4.78, 5) is 26.9. The molecule has 1 aliphatic rings. The van der Waals surface area contributed by atoms with Gasteiger partial charge in [0.1, 0.15) is 18.2 Å². The lowest BCUT2D eigenvalue weighted by Gasteiger charge is -2.29. The summed E-state index contributed by atoms with van der Waals surface area (Å²) in [5.41, 5.74) is 3.19. The van der Waals surface area contributed by atoms with E-state index >= 15 is 0 Å². The van der Waals surface area contributed by atoms with Crippen molar-refractivity contribution in [2.45, 2.75) is 32.7 Å². The maximum atomic E-state index is 13.2. The number of hydrogen-bond donors (Lipinski definition) is 1. The molecular formula is C24H25FN4O3. The van der Waals surface area contributed by atoms with Crippen molar-refractivity contribution in [1.29, 1.82) is 0 Å². The molecule has 2 aromatic carbocycles. The van der Waals surface area contributed by atoms with Crippen molar-refractivity contribution < 1.29 is 18.7 Å². The van der Waals surface area contributed by atoms with E-state index in [0.29, 0.717) is 18.9 Å². The van der Waals surface area contributed by atoms with E-state index in [4.69, 9.17) is 4.74 Å². The van der Waals surface area contributed by atoms with Crippen LogP contribution in [0.2, 0.25) is 0 Å². The minimum absolute atomic E-state index is 0.0911. The molecule has 1 aromatic heterocycles. The number of aromatic nitrogens is 2. The molecule has 0 saturated heterocycles. The highest BCUT2D eigenvalue weighted by atomic mass is 19.1. The van der Waals surface area contributed by atoms with Gasteiger partial charge in [-0.1, -0.05) is 12.1 Å². The third kappa shape index (κ3) is 4.49. The number of hydrogen-bond acceptors (Lipinski definition) is 4. The first-order chi connectivity index (χ1) is 15.4. The zero-order valence-electron chi connectivity index (χ0n) is 18.0. The van der Waals surface area contributed by atoms with Gasteiger partial charge in [0.2, 0.25) is 11.8 Å². The standard InChI is InChI=1S/C24H25FN4O3/c1-16(20-15-26-29(17(20)2)19-9-7-18(25)8-10-19)27-23(30)11-12-24(31)28-13-14-32-22-6-4-3-5-21(22)28/h3-10,15-16H,11-14H2,1-2H3,(H,27,30). The lowest BCUT2D eigenvalue weighted by Crippen LogP contribution is -2.38. The topological polar surface area (TPSA) is 76.5 Å². The van der Waals surface area contributed by atoms with Crippen LogP contribution in [0.4, 0.5) is 10.1 Å². The number of nitrogens with one attached hydrogen (secondary N) is 1. The van der Waals surface area contributed by atoms with Crippen LogP contribution in [0.3, 0.4) is 0 Å². The Morgan fingerprint density at radius 1 is 1.16 bits per heavy atom. The third-order valence-corrected chi connectivity index (χ3v) is 5.56. The minimum atomic E-state index is -0.311. The van der Waals surface area contributed by atoms with Crippen molar-refractivity contribution in [2.24, 2.45) is 0 Å². The molecule has 2 heterocycles. The highest BCUT2D eigenvalue weighted by Crippen LogP contribution is 2.31. The molecule has 0 bridgehead atoms. The van der Waals surface area contributed by atoms with Gasteiger partial charge in [0.15, 0.2) is 0 Å². The van der Waals surface area contributed by atoms with Crippen LogP contribution in [-0.4, -0.2) is 34.7 Å². The van der Waals surface area contributed by atoms with E-state index in [1.54, 1.807) is 27.9 Å². The molecule has 1 aliphatic heterocycles. The molecule has 0 radical (unpaired) electrons. The van der Waals surface area contributed by atoms with E-state index in [9.17, 15) is 14.0 Å². The zero-order valence-corrected chi connectivity index (χ0v) is 18.0. The summed E-state index contributed by atoms with van der Waals surface area (Å²) < 4.78 is 20.5. The van der Waals surface area contributed by atoms with Crippen LogP contribution in [0.25, 0.3) is 5.69 Å². The summed E-state index contributed by atoms with van der Waals surface area (Å²) in [5, 5.41) is 7.31. The number of fused-ring (bicyclic) bond motifs is 1. The van der Waals surface area contributed by atoms with E-state index in [2.05, 4.69) is 10.4 Å². The lowest BCUT2D eigenvalue weighted by molar-refractivity contribution is -0.125. The van der Waals surface area contributed by atoms with Crippen molar-refractivity contribution in [1.82, 2.24) is 15.1 Å². The minimum Gasteiger partial charge on any atom is -0.490 e. The molecular weight excluding hydrogens is 411 g/mol. The van der Waals surface area contributed by atoms with Gasteiger partial charge < -0.3 is 15.0 Å². The number of ether oxygens (including phenoxy) is 1. The largest absolute Gasteiger partial charge is 0.490 e. The maximum Gasteiger partial charge on any atom is 0.227 e. The van der Waals surface area contributed by atoms with Gasteiger partial charge in [0, 0.05) is 24.1 Å². The average Bonchev–Trinajstić information content (AvgIpc) is 3.19. The van der Waals surface area contributed by atoms with Crippen LogP contribution in [0.1, 0.15) is 37.1 Å². The molecule has 7 nitrogen and oxygen atoms in total. The van der Waals surface area contributed by atoms with Gasteiger partial charge in [-0.2, -0.15) is 5.10 Å². The number of rotatable bonds is 6. The first-order valence-corrected chi connectivity index (χ1v) is 10.6. The Kier molecular flexibility index (Phi) is 6.20. The monoisotopic (exact) mass is 436 g/mol. The molecule has 0 aliphatic carbocycles. The lowest BCUT2D eigenvalue weighted by atomic mass is 10.1. The Bertz CT molecular complexity index is 1130. The van der Waals surface area contributed by atoms with Crippen molar-refractivity contribution >= 4 is 17.5 Å². The maximum absolute atomic E-state index is 13.2. The van der Waals surface area contributed by atoms with Crippen molar-refractivity contribution in [3.63, 3.8) is 0 Å². The van der Waals surface area contributed by atoms with E-state index in [-0.39, 0.29) is 36.5 Å². The smallest absolute Gasteiger partial charge is 0.227 e. The SMILES string of the molecule is Cc1c(C(C)NC(=O)CCC(=O)N2CCOc3ccccc32)cnn1-c1ccc(F)cc1. The number of para-hydroxylation sites is 2. The van der Waals surface area contributed by atoms with Crippen LogP contribution in [0.5, 0.6) is 5.75 Å². The molecule has 1 N–H and O–H groups in total.